The number of aliphatic hydroxyl groups is 2. The van der Waals surface area contributed by atoms with Gasteiger partial charge in [-0.25, -0.2) is 9.59 Å². The number of ether oxygens (including phenoxy) is 2. The molecule has 4 N–H and O–H groups in total. The number of carbonyl (C=O) groups is 2. The van der Waals surface area contributed by atoms with Crippen molar-refractivity contribution in [3.8, 4) is 11.5 Å². The van der Waals surface area contributed by atoms with Gasteiger partial charge in [-0.3, -0.25) is 0 Å². The van der Waals surface area contributed by atoms with Crippen molar-refractivity contribution >= 4 is 69.6 Å². The number of aliphatic hydroxyl groups excluding tert-OH is 2. The molecule has 6 aromatic rings. The summed E-state index contributed by atoms with van der Waals surface area (Å²) in [6, 6.07) is 40.5. The molecule has 2 saturated heterocycles. The molecule has 2 fully saturated rings. The van der Waals surface area contributed by atoms with Gasteiger partial charge in [0.2, 0.25) is 0 Å². The summed E-state index contributed by atoms with van der Waals surface area (Å²) in [5.41, 5.74) is 8.48. The smallest absolute Gasteiger partial charge is 0.343 e. The molecule has 350 valence electrons. The van der Waals surface area contributed by atoms with Crippen LogP contribution in [0.25, 0.3) is 0 Å². The van der Waals surface area contributed by atoms with Gasteiger partial charge in [0.15, 0.2) is 23.7 Å². The van der Waals surface area contributed by atoms with E-state index < -0.39 is 24.1 Å². The highest BCUT2D eigenvalue weighted by molar-refractivity contribution is 8.00. The lowest BCUT2D eigenvalue weighted by Gasteiger charge is -2.34. The number of hydrogen-bond donors (Lipinski definition) is 4. The van der Waals surface area contributed by atoms with E-state index in [1.54, 1.807) is 0 Å². The third kappa shape index (κ3) is 9.28. The number of anilines is 6. The molecule has 0 aliphatic carbocycles. The zero-order chi connectivity index (χ0) is 47.1. The minimum Gasteiger partial charge on any atom is -0.422 e. The Kier molecular flexibility index (Phi) is 13.2. The average Bonchev–Trinajstić information content (AvgIpc) is 3.37. The van der Waals surface area contributed by atoms with Crippen LogP contribution in [0.4, 0.5) is 34.1 Å². The van der Waals surface area contributed by atoms with Crippen LogP contribution in [0, 0.1) is 0 Å². The second-order valence-corrected chi connectivity index (χ2v) is 20.3. The van der Waals surface area contributed by atoms with Crippen molar-refractivity contribution in [2.45, 2.75) is 57.5 Å². The Balaban J connectivity index is 0.919. The average molecular weight is 949 g/mol. The van der Waals surface area contributed by atoms with Crippen molar-refractivity contribution in [1.82, 2.24) is 9.80 Å². The summed E-state index contributed by atoms with van der Waals surface area (Å²) in [5.74, 6) is -2.47. The Morgan fingerprint density at radius 2 is 0.868 bits per heavy atom. The number of hydrogen-bond acceptors (Lipinski definition) is 14. The summed E-state index contributed by atoms with van der Waals surface area (Å²) >= 11 is 3.07. The molecule has 10 rings (SSSR count). The number of carbonyl (C=O) groups excluding carboxylic acids is 2. The van der Waals surface area contributed by atoms with Gasteiger partial charge in [0.1, 0.15) is 0 Å². The molecule has 0 amide bonds. The predicted octanol–water partition coefficient (Wildman–Crippen LogP) is 9.14. The van der Waals surface area contributed by atoms with Gasteiger partial charge in [-0.15, -0.1) is 0 Å². The van der Waals surface area contributed by atoms with Crippen LogP contribution in [0.15, 0.2) is 141 Å². The van der Waals surface area contributed by atoms with Crippen LogP contribution in [-0.4, -0.2) is 111 Å². The lowest BCUT2D eigenvalue weighted by Crippen LogP contribution is -2.44. The van der Waals surface area contributed by atoms with Gasteiger partial charge in [0.05, 0.1) is 22.7 Å². The van der Waals surface area contributed by atoms with E-state index in [9.17, 15) is 19.8 Å². The maximum Gasteiger partial charge on any atom is 0.343 e. The quantitative estimate of drug-likeness (QED) is 0.0727. The van der Waals surface area contributed by atoms with E-state index in [1.807, 2.05) is 86.6 Å². The number of para-hydroxylation sites is 2. The maximum atomic E-state index is 14.2. The van der Waals surface area contributed by atoms with Gasteiger partial charge in [-0.05, 0) is 85.9 Å². The van der Waals surface area contributed by atoms with E-state index in [1.165, 1.54) is 23.5 Å². The Labute approximate surface area is 406 Å². The first-order valence-corrected chi connectivity index (χ1v) is 24.9. The van der Waals surface area contributed by atoms with Crippen LogP contribution in [0.3, 0.4) is 0 Å². The Bertz CT molecular complexity index is 2640. The molecule has 4 unspecified atom stereocenters. The highest BCUT2D eigenvalue weighted by atomic mass is 32.2. The van der Waals surface area contributed by atoms with E-state index in [-0.39, 0.29) is 23.3 Å². The number of likely N-dealkylation sites (N-methyl/N-ethyl adjacent to an activating group) is 2. The van der Waals surface area contributed by atoms with Crippen LogP contribution >= 0.6 is 23.5 Å². The molecule has 14 heteroatoms. The van der Waals surface area contributed by atoms with Crippen LogP contribution in [0.2, 0.25) is 0 Å². The van der Waals surface area contributed by atoms with Crippen LogP contribution in [-0.2, 0) is 9.59 Å². The maximum absolute atomic E-state index is 14.2. The highest BCUT2D eigenvalue weighted by Crippen LogP contribution is 2.52. The molecule has 0 radical (unpaired) electrons. The molecule has 12 nitrogen and oxygen atoms in total. The first-order valence-electron chi connectivity index (χ1n) is 23.3. The molecular weight excluding hydrogens is 893 g/mol. The monoisotopic (exact) mass is 948 g/mol. The normalized spacial score (nSPS) is 17.5. The van der Waals surface area contributed by atoms with Crippen LogP contribution in [0.1, 0.15) is 47.9 Å². The number of nitrogens with one attached hydrogen (secondary N) is 2. The van der Waals surface area contributed by atoms with E-state index in [2.05, 4.69) is 92.9 Å². The van der Waals surface area contributed by atoms with Crippen molar-refractivity contribution in [2.24, 2.45) is 0 Å². The summed E-state index contributed by atoms with van der Waals surface area (Å²) in [4.78, 5) is 41.4. The van der Waals surface area contributed by atoms with Gasteiger partial charge >= 0.3 is 11.9 Å². The summed E-state index contributed by atoms with van der Waals surface area (Å²) in [6.07, 6.45) is -4.56. The van der Waals surface area contributed by atoms with Gasteiger partial charge in [-0.1, -0.05) is 98.0 Å². The van der Waals surface area contributed by atoms with Crippen LogP contribution < -0.4 is 29.9 Å². The fourth-order valence-electron chi connectivity index (χ4n) is 9.31. The fourth-order valence-corrected chi connectivity index (χ4v) is 11.3. The molecule has 0 bridgehead atoms. The second-order valence-electron chi connectivity index (χ2n) is 18.1. The summed E-state index contributed by atoms with van der Waals surface area (Å²) in [5, 5.41) is 30.1. The lowest BCUT2D eigenvalue weighted by atomic mass is 9.91. The largest absolute Gasteiger partial charge is 0.422 e. The Morgan fingerprint density at radius 3 is 1.25 bits per heavy atom. The molecule has 4 aliphatic heterocycles. The van der Waals surface area contributed by atoms with Crippen molar-refractivity contribution in [3.05, 3.63) is 144 Å². The van der Waals surface area contributed by atoms with Crippen molar-refractivity contribution in [3.63, 3.8) is 0 Å². The first kappa shape index (κ1) is 45.8. The molecule has 0 spiro atoms. The minimum absolute atomic E-state index is 0.205. The second kappa shape index (κ2) is 19.5. The zero-order valence-corrected chi connectivity index (χ0v) is 40.3. The fraction of sp³-hybridized carbons (Fsp3) is 0.296. The number of fused-ring (bicyclic) bond motifs is 4. The summed E-state index contributed by atoms with van der Waals surface area (Å²) in [7, 11) is 4.28. The zero-order valence-electron chi connectivity index (χ0n) is 38.6. The SMILES string of the molecule is CC(c1ccc(N2CCN(C)CC2)cc1)c1ccc2c(c1OC(=O)C(O)C(O)C(=O)Oc1c(C(C)c3ccc(N4CCN(C)CC4)cc3)ccc3c1Nc1ccccc1S3)Nc1ccccc1S2. The van der Waals surface area contributed by atoms with Gasteiger partial charge in [0, 0.05) is 106 Å². The van der Waals surface area contributed by atoms with E-state index in [0.29, 0.717) is 22.5 Å². The Hall–Kier alpha value is -6.00. The molecule has 4 atom stereocenters. The molecule has 4 heterocycles. The molecule has 0 aromatic heterocycles. The third-order valence-corrected chi connectivity index (χ3v) is 15.9. The predicted molar refractivity (Wildman–Crippen MR) is 271 cm³/mol. The highest BCUT2D eigenvalue weighted by Gasteiger charge is 2.37. The lowest BCUT2D eigenvalue weighted by molar-refractivity contribution is -0.162. The number of esters is 2. The molecule has 68 heavy (non-hydrogen) atoms. The molecule has 0 saturated carbocycles. The van der Waals surface area contributed by atoms with Crippen molar-refractivity contribution in [2.75, 3.05) is 86.9 Å². The number of piperazine rings is 2. The third-order valence-electron chi connectivity index (χ3n) is 13.7. The van der Waals surface area contributed by atoms with E-state index in [0.717, 1.165) is 106 Å². The first-order chi connectivity index (χ1) is 33.0. The van der Waals surface area contributed by atoms with Gasteiger partial charge in [0.25, 0.3) is 0 Å². The van der Waals surface area contributed by atoms with E-state index >= 15 is 0 Å². The molecule has 6 aromatic carbocycles. The summed E-state index contributed by atoms with van der Waals surface area (Å²) in [6.45, 7) is 11.9. The standard InChI is InChI=1S/C54H56N6O6S2/c1-33(35-13-17-37(18-14-35)59-29-25-57(3)26-30-59)39-21-23-45-47(55-41-9-5-7-11-43(41)67-45)51(39)65-53(63)49(61)50(62)54(64)66-52-40(22-24-46-48(52)56-42-10-6-8-12-44(42)68-46)34(2)36-15-19-38(20-16-36)60-31-27-58(4)28-32-60/h5-24,33-34,49-50,55-56,61-62H,25-32H2,1-4H3. The van der Waals surface area contributed by atoms with Gasteiger partial charge < -0.3 is 49.9 Å². The molecule has 4 aliphatic rings. The number of benzene rings is 6. The van der Waals surface area contributed by atoms with Crippen LogP contribution in [0.5, 0.6) is 11.5 Å². The summed E-state index contributed by atoms with van der Waals surface area (Å²) < 4.78 is 12.3. The van der Waals surface area contributed by atoms with E-state index in [4.69, 9.17) is 9.47 Å². The minimum atomic E-state index is -2.28. The van der Waals surface area contributed by atoms with Gasteiger partial charge in [-0.2, -0.15) is 0 Å². The Morgan fingerprint density at radius 1 is 0.500 bits per heavy atom. The number of rotatable bonds is 11. The molecular formula is C54H56N6O6S2. The van der Waals surface area contributed by atoms with Crippen molar-refractivity contribution < 1.29 is 29.3 Å². The topological polar surface area (TPSA) is 130 Å². The number of nitrogens with zero attached hydrogens (tertiary/aromatic N) is 4. The van der Waals surface area contributed by atoms with Crippen molar-refractivity contribution in [1.29, 1.82) is 0 Å².